The molecule has 3 aromatic heterocycles. The first-order chi connectivity index (χ1) is 18.6. The predicted molar refractivity (Wildman–Crippen MR) is 140 cm³/mol. The number of nitrogens with zero attached hydrogens (tertiary/aromatic N) is 7. The zero-order valence-electron chi connectivity index (χ0n) is 20.3. The van der Waals surface area contributed by atoms with Gasteiger partial charge in [0.15, 0.2) is 5.82 Å². The van der Waals surface area contributed by atoms with Gasteiger partial charge in [0, 0.05) is 46.9 Å². The second-order valence-electron chi connectivity index (χ2n) is 9.61. The van der Waals surface area contributed by atoms with E-state index in [-0.39, 0.29) is 5.91 Å². The van der Waals surface area contributed by atoms with E-state index in [9.17, 15) is 14.9 Å². The number of hydrogen-bond donors (Lipinski definition) is 0. The largest absolute Gasteiger partial charge is 0.317 e. The molecular formula is C29H19N7O2. The molecule has 7 rings (SSSR count). The van der Waals surface area contributed by atoms with Gasteiger partial charge in [0.25, 0.3) is 5.91 Å². The Labute approximate surface area is 217 Å². The van der Waals surface area contributed by atoms with Gasteiger partial charge in [-0.05, 0) is 54.6 Å². The summed E-state index contributed by atoms with van der Waals surface area (Å²) in [5.41, 5.74) is 5.01. The van der Waals surface area contributed by atoms with Gasteiger partial charge in [0.2, 0.25) is 0 Å². The third kappa shape index (κ3) is 3.31. The smallest absolute Gasteiger partial charge is 0.264 e. The highest BCUT2D eigenvalue weighted by atomic mass is 16.2. The van der Waals surface area contributed by atoms with Gasteiger partial charge in [0.05, 0.1) is 22.5 Å². The second kappa shape index (κ2) is 8.15. The van der Waals surface area contributed by atoms with Crippen LogP contribution in [0.4, 0.5) is 11.5 Å². The van der Waals surface area contributed by atoms with Crippen LogP contribution in [0, 0.1) is 11.3 Å². The zero-order chi connectivity index (χ0) is 26.0. The Morgan fingerprint density at radius 1 is 1.11 bits per heavy atom. The summed E-state index contributed by atoms with van der Waals surface area (Å²) in [6.45, 7) is 0. The van der Waals surface area contributed by atoms with Gasteiger partial charge in [-0.15, -0.1) is 10.2 Å². The summed E-state index contributed by atoms with van der Waals surface area (Å²) in [6, 6.07) is 16.9. The maximum absolute atomic E-state index is 13.8. The predicted octanol–water partition coefficient (Wildman–Crippen LogP) is 4.95. The van der Waals surface area contributed by atoms with Crippen LogP contribution in [-0.4, -0.2) is 36.9 Å². The van der Waals surface area contributed by atoms with Crippen LogP contribution in [0.5, 0.6) is 0 Å². The first kappa shape index (κ1) is 22.0. The molecule has 9 nitrogen and oxygen atoms in total. The van der Waals surface area contributed by atoms with E-state index in [1.165, 1.54) is 6.20 Å². The maximum atomic E-state index is 13.8. The monoisotopic (exact) mass is 497 g/mol. The molecule has 38 heavy (non-hydrogen) atoms. The number of anilines is 2. The topological polar surface area (TPSA) is 118 Å². The number of aldehydes is 1. The van der Waals surface area contributed by atoms with Crippen molar-refractivity contribution >= 4 is 34.5 Å². The lowest BCUT2D eigenvalue weighted by Gasteiger charge is -2.19. The number of aromatic nitrogens is 5. The van der Waals surface area contributed by atoms with Crippen molar-refractivity contribution in [1.29, 1.82) is 5.26 Å². The van der Waals surface area contributed by atoms with E-state index in [1.54, 1.807) is 34.0 Å². The quantitative estimate of drug-likeness (QED) is 0.315. The van der Waals surface area contributed by atoms with Crippen molar-refractivity contribution < 1.29 is 9.59 Å². The van der Waals surface area contributed by atoms with Gasteiger partial charge in [0.1, 0.15) is 24.5 Å². The van der Waals surface area contributed by atoms with Crippen molar-refractivity contribution in [3.8, 4) is 28.7 Å². The zero-order valence-corrected chi connectivity index (χ0v) is 20.3. The molecule has 182 valence electrons. The van der Waals surface area contributed by atoms with Gasteiger partial charge in [-0.1, -0.05) is 12.1 Å². The van der Waals surface area contributed by atoms with Crippen LogP contribution < -0.4 is 4.90 Å². The summed E-state index contributed by atoms with van der Waals surface area (Å²) in [6.07, 6.45) is 5.94. The Hall–Kier alpha value is -5.23. The average molecular weight is 498 g/mol. The highest BCUT2D eigenvalue weighted by molar-refractivity contribution is 6.28. The number of amides is 1. The van der Waals surface area contributed by atoms with E-state index in [0.717, 1.165) is 46.8 Å². The standard InChI is InChI=1S/C29H19N7O2/c1-35-15-32-34-28(35)22-9-17(12-30)13-31-27(22)20-10-23(18-5-6-18)33-25(11-20)36-24-4-2-3-19-7-16(14-37)8-21(26(19)24)29(36)38/h2-4,7-11,13-15,18H,5-6H2,1H3. The minimum atomic E-state index is -0.229. The number of rotatable bonds is 5. The van der Waals surface area contributed by atoms with E-state index in [4.69, 9.17) is 4.98 Å². The lowest BCUT2D eigenvalue weighted by Crippen LogP contribution is -2.22. The molecule has 9 heteroatoms. The van der Waals surface area contributed by atoms with Gasteiger partial charge in [-0.3, -0.25) is 19.5 Å². The lowest BCUT2D eigenvalue weighted by atomic mass is 10.0. The number of benzene rings is 2. The molecule has 0 bridgehead atoms. The van der Waals surface area contributed by atoms with Crippen LogP contribution in [0.25, 0.3) is 33.4 Å². The molecule has 0 unspecified atom stereocenters. The van der Waals surface area contributed by atoms with Gasteiger partial charge >= 0.3 is 0 Å². The summed E-state index contributed by atoms with van der Waals surface area (Å²) in [5, 5.41) is 19.4. The number of aryl methyl sites for hydroxylation is 1. The Kier molecular flexibility index (Phi) is 4.72. The fraction of sp³-hybridized carbons (Fsp3) is 0.138. The van der Waals surface area contributed by atoms with Gasteiger partial charge in [-0.2, -0.15) is 5.26 Å². The van der Waals surface area contributed by atoms with Crippen LogP contribution in [0.2, 0.25) is 0 Å². The Balaban J connectivity index is 1.44. The van der Waals surface area contributed by atoms with Crippen molar-refractivity contribution in [3.63, 3.8) is 0 Å². The summed E-state index contributed by atoms with van der Waals surface area (Å²) >= 11 is 0. The Morgan fingerprint density at radius 2 is 1.97 bits per heavy atom. The number of carbonyl (C=O) groups excluding carboxylic acids is 2. The molecule has 4 heterocycles. The van der Waals surface area contributed by atoms with Crippen LogP contribution >= 0.6 is 0 Å². The average Bonchev–Trinajstić information content (AvgIpc) is 3.65. The molecular weight excluding hydrogens is 478 g/mol. The minimum Gasteiger partial charge on any atom is -0.317 e. The molecule has 1 fully saturated rings. The van der Waals surface area contributed by atoms with Crippen molar-refractivity contribution in [3.05, 3.63) is 83.4 Å². The SMILES string of the molecule is Cn1cnnc1-c1cc(C#N)cnc1-c1cc(C2CC2)nc(N2C(=O)c3cc(C=O)cc4cccc2c34)c1. The molecule has 0 N–H and O–H groups in total. The van der Waals surface area contributed by atoms with Crippen molar-refractivity contribution in [2.75, 3.05) is 4.90 Å². The molecule has 1 amide bonds. The van der Waals surface area contributed by atoms with E-state index in [2.05, 4.69) is 21.3 Å². The van der Waals surface area contributed by atoms with Crippen molar-refractivity contribution in [1.82, 2.24) is 24.7 Å². The number of pyridine rings is 2. The van der Waals surface area contributed by atoms with Crippen LogP contribution in [0.3, 0.4) is 0 Å². The molecule has 2 aliphatic rings. The summed E-state index contributed by atoms with van der Waals surface area (Å²) < 4.78 is 1.78. The number of nitriles is 1. The van der Waals surface area contributed by atoms with Crippen molar-refractivity contribution in [2.45, 2.75) is 18.8 Å². The molecule has 2 aromatic carbocycles. The van der Waals surface area contributed by atoms with Crippen LogP contribution in [0.1, 0.15) is 50.7 Å². The van der Waals surface area contributed by atoms with E-state index in [1.807, 2.05) is 37.4 Å². The molecule has 0 spiro atoms. The summed E-state index contributed by atoms with van der Waals surface area (Å²) in [7, 11) is 1.83. The molecule has 1 saturated carbocycles. The van der Waals surface area contributed by atoms with E-state index >= 15 is 0 Å². The first-order valence-corrected chi connectivity index (χ1v) is 12.2. The Morgan fingerprint density at radius 3 is 2.71 bits per heavy atom. The van der Waals surface area contributed by atoms with E-state index < -0.39 is 0 Å². The Bertz CT molecular complexity index is 1860. The molecule has 0 atom stereocenters. The minimum absolute atomic E-state index is 0.229. The second-order valence-corrected chi connectivity index (χ2v) is 9.61. The highest BCUT2D eigenvalue weighted by Gasteiger charge is 2.34. The number of hydrogen-bond acceptors (Lipinski definition) is 7. The molecule has 5 aromatic rings. The maximum Gasteiger partial charge on any atom is 0.264 e. The molecule has 1 aliphatic carbocycles. The third-order valence-electron chi connectivity index (χ3n) is 7.09. The summed E-state index contributed by atoms with van der Waals surface area (Å²) in [5.74, 6) is 1.14. The van der Waals surface area contributed by atoms with Crippen LogP contribution in [0.15, 0.2) is 61.1 Å². The summed E-state index contributed by atoms with van der Waals surface area (Å²) in [4.78, 5) is 36.5. The fourth-order valence-corrected chi connectivity index (χ4v) is 5.14. The van der Waals surface area contributed by atoms with Crippen molar-refractivity contribution in [2.24, 2.45) is 7.05 Å². The number of carbonyl (C=O) groups is 2. The van der Waals surface area contributed by atoms with Crippen LogP contribution in [-0.2, 0) is 7.05 Å². The lowest BCUT2D eigenvalue weighted by molar-refractivity contribution is 0.100. The van der Waals surface area contributed by atoms with E-state index in [0.29, 0.717) is 45.5 Å². The molecule has 0 saturated heterocycles. The third-order valence-corrected chi connectivity index (χ3v) is 7.09. The van der Waals surface area contributed by atoms with Gasteiger partial charge in [-0.25, -0.2) is 4.98 Å². The molecule has 1 aliphatic heterocycles. The normalized spacial score (nSPS) is 14.2. The van der Waals surface area contributed by atoms with Gasteiger partial charge < -0.3 is 4.57 Å². The highest BCUT2D eigenvalue weighted by Crippen LogP contribution is 2.45. The molecule has 0 radical (unpaired) electrons. The first-order valence-electron chi connectivity index (χ1n) is 12.2. The fourth-order valence-electron chi connectivity index (χ4n) is 5.14.